The second-order valence-electron chi connectivity index (χ2n) is 3.02. The molecule has 0 radical (unpaired) electrons. The highest BCUT2D eigenvalue weighted by Crippen LogP contribution is 2.35. The Bertz CT molecular complexity index is 327. The molecule has 0 heterocycles. The van der Waals surface area contributed by atoms with Gasteiger partial charge >= 0.3 is 0 Å². The smallest absolute Gasteiger partial charge is 0.161 e. The molecule has 0 bridgehead atoms. The summed E-state index contributed by atoms with van der Waals surface area (Å²) in [6.07, 6.45) is 0.276. The molecule has 0 aromatic heterocycles. The molecule has 1 aromatic rings. The summed E-state index contributed by atoms with van der Waals surface area (Å²) in [5, 5.41) is 36.2. The lowest BCUT2D eigenvalue weighted by atomic mass is 10.0. The molecular formula is C9H13NO4. The predicted molar refractivity (Wildman–Crippen MR) is 50.1 cm³/mol. The molecule has 78 valence electrons. The van der Waals surface area contributed by atoms with Crippen molar-refractivity contribution in [1.29, 1.82) is 0 Å². The van der Waals surface area contributed by atoms with Gasteiger partial charge in [0.25, 0.3) is 0 Å². The summed E-state index contributed by atoms with van der Waals surface area (Å²) >= 11 is 0. The summed E-state index contributed by atoms with van der Waals surface area (Å²) in [7, 11) is 0. The van der Waals surface area contributed by atoms with E-state index in [-0.39, 0.29) is 24.5 Å². The molecule has 14 heavy (non-hydrogen) atoms. The van der Waals surface area contributed by atoms with Gasteiger partial charge in [-0.25, -0.2) is 0 Å². The fourth-order valence-corrected chi connectivity index (χ4v) is 1.17. The highest BCUT2D eigenvalue weighted by Gasteiger charge is 2.13. The van der Waals surface area contributed by atoms with Crippen LogP contribution in [-0.4, -0.2) is 27.0 Å². The van der Waals surface area contributed by atoms with Gasteiger partial charge in [-0.3, -0.25) is 0 Å². The van der Waals surface area contributed by atoms with E-state index in [4.69, 9.17) is 21.1 Å². The zero-order chi connectivity index (χ0) is 10.7. The maximum absolute atomic E-state index is 9.38. The first-order valence-electron chi connectivity index (χ1n) is 4.17. The Morgan fingerprint density at radius 3 is 2.21 bits per heavy atom. The van der Waals surface area contributed by atoms with Crippen molar-refractivity contribution >= 4 is 0 Å². The topological polar surface area (TPSA) is 107 Å². The third-order valence-electron chi connectivity index (χ3n) is 1.96. The first kappa shape index (κ1) is 10.6. The molecule has 1 rings (SSSR count). The summed E-state index contributed by atoms with van der Waals surface area (Å²) in [4.78, 5) is 0. The Kier molecular flexibility index (Phi) is 3.16. The molecule has 0 unspecified atom stereocenters. The summed E-state index contributed by atoms with van der Waals surface area (Å²) in [5.74, 6) is -0.935. The number of aromatic hydroxyl groups is 3. The van der Waals surface area contributed by atoms with Crippen molar-refractivity contribution in [3.05, 3.63) is 17.7 Å². The number of phenols is 3. The molecule has 5 heteroatoms. The van der Waals surface area contributed by atoms with Crippen molar-refractivity contribution in [2.75, 3.05) is 6.61 Å². The average molecular weight is 199 g/mol. The van der Waals surface area contributed by atoms with Crippen molar-refractivity contribution < 1.29 is 20.4 Å². The van der Waals surface area contributed by atoms with Gasteiger partial charge in [0.1, 0.15) is 5.75 Å². The van der Waals surface area contributed by atoms with Crippen molar-refractivity contribution in [1.82, 2.24) is 0 Å². The van der Waals surface area contributed by atoms with Crippen LogP contribution < -0.4 is 5.73 Å². The molecule has 0 aliphatic rings. The van der Waals surface area contributed by atoms with Crippen LogP contribution in [0.5, 0.6) is 17.2 Å². The quantitative estimate of drug-likeness (QED) is 0.353. The molecule has 6 N–H and O–H groups in total. The fourth-order valence-electron chi connectivity index (χ4n) is 1.17. The zero-order valence-electron chi connectivity index (χ0n) is 7.51. The number of aliphatic hydroxyl groups is 1. The van der Waals surface area contributed by atoms with Gasteiger partial charge in [-0.2, -0.15) is 0 Å². The number of aliphatic hydroxyl groups excluding tert-OH is 1. The molecular weight excluding hydrogens is 186 g/mol. The van der Waals surface area contributed by atoms with E-state index in [9.17, 15) is 5.11 Å². The van der Waals surface area contributed by atoms with E-state index in [2.05, 4.69) is 0 Å². The number of nitrogens with two attached hydrogens (primary N) is 1. The largest absolute Gasteiger partial charge is 0.507 e. The lowest BCUT2D eigenvalue weighted by Gasteiger charge is -2.13. The number of benzene rings is 1. The maximum Gasteiger partial charge on any atom is 0.161 e. The summed E-state index contributed by atoms with van der Waals surface area (Å²) < 4.78 is 0. The van der Waals surface area contributed by atoms with Gasteiger partial charge in [-0.05, 0) is 12.5 Å². The second-order valence-corrected chi connectivity index (χ2v) is 3.02. The third kappa shape index (κ3) is 2.07. The van der Waals surface area contributed by atoms with E-state index in [1.807, 2.05) is 0 Å². The highest BCUT2D eigenvalue weighted by atomic mass is 16.3. The second kappa shape index (κ2) is 4.17. The Balaban J connectivity index is 3.02. The standard InChI is InChI=1S/C9H13NO4/c10-6(1-2-11)5-3-8(13)9(14)4-7(5)12/h3-4,6,11-14H,1-2,10H2/t6-/m1/s1. The maximum atomic E-state index is 9.38. The number of hydrogen-bond acceptors (Lipinski definition) is 5. The lowest BCUT2D eigenvalue weighted by Crippen LogP contribution is -2.11. The van der Waals surface area contributed by atoms with Gasteiger partial charge in [0.05, 0.1) is 0 Å². The Morgan fingerprint density at radius 2 is 1.64 bits per heavy atom. The molecule has 5 nitrogen and oxygen atoms in total. The van der Waals surface area contributed by atoms with Crippen molar-refractivity contribution in [2.24, 2.45) is 5.73 Å². The van der Waals surface area contributed by atoms with E-state index >= 15 is 0 Å². The number of hydrogen-bond donors (Lipinski definition) is 5. The molecule has 1 aromatic carbocycles. The SMILES string of the molecule is N[C@H](CCO)c1cc(O)c(O)cc1O. The minimum atomic E-state index is -0.563. The van der Waals surface area contributed by atoms with Crippen LogP contribution in [0.1, 0.15) is 18.0 Å². The van der Waals surface area contributed by atoms with E-state index in [0.29, 0.717) is 5.56 Å². The molecule has 0 amide bonds. The summed E-state index contributed by atoms with van der Waals surface area (Å²) in [5.41, 5.74) is 5.91. The van der Waals surface area contributed by atoms with Gasteiger partial charge in [0, 0.05) is 24.3 Å². The Morgan fingerprint density at radius 1 is 1.07 bits per heavy atom. The number of phenolic OH excluding ortho intramolecular Hbond substituents is 3. The van der Waals surface area contributed by atoms with Gasteiger partial charge in [-0.15, -0.1) is 0 Å². The van der Waals surface area contributed by atoms with Gasteiger partial charge in [0.15, 0.2) is 11.5 Å². The van der Waals surface area contributed by atoms with Crippen LogP contribution in [0.2, 0.25) is 0 Å². The van der Waals surface area contributed by atoms with Crippen LogP contribution in [0, 0.1) is 0 Å². The third-order valence-corrected chi connectivity index (χ3v) is 1.96. The van der Waals surface area contributed by atoms with Gasteiger partial charge in [0.2, 0.25) is 0 Å². The summed E-state index contributed by atoms with van der Waals surface area (Å²) in [6.45, 7) is -0.109. The lowest BCUT2D eigenvalue weighted by molar-refractivity contribution is 0.275. The van der Waals surface area contributed by atoms with Crippen molar-refractivity contribution in [2.45, 2.75) is 12.5 Å². The highest BCUT2D eigenvalue weighted by molar-refractivity contribution is 5.49. The van der Waals surface area contributed by atoms with Crippen LogP contribution in [0.25, 0.3) is 0 Å². The minimum Gasteiger partial charge on any atom is -0.507 e. The molecule has 0 fully saturated rings. The van der Waals surface area contributed by atoms with Crippen molar-refractivity contribution in [3.63, 3.8) is 0 Å². The molecule has 0 aliphatic heterocycles. The molecule has 0 aliphatic carbocycles. The molecule has 0 saturated heterocycles. The van der Waals surface area contributed by atoms with Crippen LogP contribution in [0.4, 0.5) is 0 Å². The van der Waals surface area contributed by atoms with E-state index in [1.54, 1.807) is 0 Å². The Hall–Kier alpha value is -1.46. The van der Waals surface area contributed by atoms with Crippen molar-refractivity contribution in [3.8, 4) is 17.2 Å². The van der Waals surface area contributed by atoms with E-state index in [1.165, 1.54) is 6.07 Å². The summed E-state index contributed by atoms with van der Waals surface area (Å²) in [6, 6.07) is 1.64. The van der Waals surface area contributed by atoms with Crippen LogP contribution in [0.15, 0.2) is 12.1 Å². The first-order chi connectivity index (χ1) is 6.56. The minimum absolute atomic E-state index is 0.109. The van der Waals surface area contributed by atoms with E-state index < -0.39 is 11.8 Å². The zero-order valence-corrected chi connectivity index (χ0v) is 7.51. The van der Waals surface area contributed by atoms with Gasteiger partial charge in [-0.1, -0.05) is 0 Å². The van der Waals surface area contributed by atoms with Gasteiger partial charge < -0.3 is 26.2 Å². The molecule has 0 spiro atoms. The average Bonchev–Trinajstić information content (AvgIpc) is 2.11. The monoisotopic (exact) mass is 199 g/mol. The van der Waals surface area contributed by atoms with Crippen LogP contribution in [-0.2, 0) is 0 Å². The molecule has 0 saturated carbocycles. The van der Waals surface area contributed by atoms with Crippen LogP contribution in [0.3, 0.4) is 0 Å². The number of rotatable bonds is 3. The Labute approximate surface area is 81.0 Å². The van der Waals surface area contributed by atoms with E-state index in [0.717, 1.165) is 6.07 Å². The first-order valence-corrected chi connectivity index (χ1v) is 4.17. The van der Waals surface area contributed by atoms with Crippen LogP contribution >= 0.6 is 0 Å². The fraction of sp³-hybridized carbons (Fsp3) is 0.333. The normalized spacial score (nSPS) is 12.7. The molecule has 1 atom stereocenters. The predicted octanol–water partition coefficient (Wildman–Crippen LogP) is 0.186.